The Kier molecular flexibility index (Phi) is 7.98. The zero-order valence-corrected chi connectivity index (χ0v) is 25.4. The smallest absolute Gasteiger partial charge is 0.332 e. The van der Waals surface area contributed by atoms with E-state index in [4.69, 9.17) is 4.42 Å². The molecule has 2 aliphatic heterocycles. The molecule has 2 fully saturated rings. The van der Waals surface area contributed by atoms with Crippen LogP contribution in [0.5, 0.6) is 0 Å². The minimum atomic E-state index is -0.742. The van der Waals surface area contributed by atoms with E-state index in [1.54, 1.807) is 27.3 Å². The quantitative estimate of drug-likeness (QED) is 0.227. The number of amides is 4. The number of hydrazine groups is 1. The second kappa shape index (κ2) is 12.5. The first kappa shape index (κ1) is 29.3. The molecule has 1 aromatic heterocycles. The van der Waals surface area contributed by atoms with Crippen LogP contribution in [-0.2, 0) is 29.1 Å². The fraction of sp³-hybridized carbons (Fsp3) is 0.216. The van der Waals surface area contributed by atoms with Crippen molar-refractivity contribution < 1.29 is 18.8 Å². The van der Waals surface area contributed by atoms with E-state index in [-0.39, 0.29) is 37.5 Å². The molecule has 2 saturated heterocycles. The normalized spacial score (nSPS) is 18.3. The Morgan fingerprint density at radius 2 is 1.74 bits per heavy atom. The van der Waals surface area contributed by atoms with Crippen molar-refractivity contribution in [1.82, 2.24) is 25.1 Å². The Labute approximate surface area is 267 Å². The van der Waals surface area contributed by atoms with Gasteiger partial charge in [-0.1, -0.05) is 84.9 Å². The Balaban J connectivity index is 1.22. The van der Waals surface area contributed by atoms with Gasteiger partial charge < -0.3 is 19.5 Å². The molecule has 46 heavy (non-hydrogen) atoms. The van der Waals surface area contributed by atoms with E-state index in [0.717, 1.165) is 38.4 Å². The summed E-state index contributed by atoms with van der Waals surface area (Å²) in [6.45, 7) is 5.04. The molecule has 2 atom stereocenters. The number of hydrogen-bond donors (Lipinski definition) is 1. The van der Waals surface area contributed by atoms with Crippen molar-refractivity contribution in [2.75, 3.05) is 19.6 Å². The zero-order chi connectivity index (χ0) is 31.6. The van der Waals surface area contributed by atoms with E-state index in [9.17, 15) is 14.4 Å². The van der Waals surface area contributed by atoms with Crippen LogP contribution in [0.25, 0.3) is 21.7 Å². The third-order valence-corrected chi connectivity index (χ3v) is 8.89. The van der Waals surface area contributed by atoms with Crippen molar-refractivity contribution in [2.45, 2.75) is 31.7 Å². The maximum Gasteiger partial charge on any atom is 0.332 e. The highest BCUT2D eigenvalue weighted by atomic mass is 16.3. The predicted octanol–water partition coefficient (Wildman–Crippen LogP) is 5.32. The molecular formula is C37H35N5O4. The summed E-state index contributed by atoms with van der Waals surface area (Å²) in [6, 6.07) is 30.6. The lowest BCUT2D eigenvalue weighted by atomic mass is 9.98. The zero-order valence-electron chi connectivity index (χ0n) is 25.4. The first-order chi connectivity index (χ1) is 22.5. The SMILES string of the molecule is C=CCN(C(=O)NCc1ccccc1)N1CC(=O)N2[C@@H](Cc3ccc4occc4c3)C(=O)N(Cc3cccc4ccccc34)C[C@@H]21. The van der Waals surface area contributed by atoms with Gasteiger partial charge in [0.25, 0.3) is 0 Å². The van der Waals surface area contributed by atoms with Crippen LogP contribution < -0.4 is 5.32 Å². The van der Waals surface area contributed by atoms with Crippen molar-refractivity contribution >= 4 is 39.6 Å². The van der Waals surface area contributed by atoms with E-state index in [2.05, 4.69) is 30.1 Å². The number of fused-ring (bicyclic) bond motifs is 3. The monoisotopic (exact) mass is 613 g/mol. The fourth-order valence-electron chi connectivity index (χ4n) is 6.68. The number of piperazine rings is 1. The standard InChI is InChI=1S/C37H35N5O4/c1-2-18-40(37(45)38-22-26-9-4-3-5-10-26)41-25-35(43)42-32(21-27-15-16-33-29(20-27)17-19-46-33)36(44)39(24-34(41)42)23-30-13-8-12-28-11-6-7-14-31(28)30/h2-17,19-20,32,34H,1,18,21-25H2,(H,38,45)/t32-,34+/m0/s1. The summed E-state index contributed by atoms with van der Waals surface area (Å²) in [6.07, 6.45) is 3.09. The average Bonchev–Trinajstić information content (AvgIpc) is 3.68. The predicted molar refractivity (Wildman–Crippen MR) is 176 cm³/mol. The number of nitrogens with zero attached hydrogens (tertiary/aromatic N) is 4. The summed E-state index contributed by atoms with van der Waals surface area (Å²) in [5.41, 5.74) is 3.68. The van der Waals surface area contributed by atoms with Crippen LogP contribution in [0.3, 0.4) is 0 Å². The molecule has 4 aromatic carbocycles. The molecule has 232 valence electrons. The van der Waals surface area contributed by atoms with E-state index >= 15 is 0 Å². The number of benzene rings is 4. The maximum atomic E-state index is 14.4. The second-order valence-corrected chi connectivity index (χ2v) is 11.8. The van der Waals surface area contributed by atoms with Gasteiger partial charge in [0.05, 0.1) is 25.9 Å². The van der Waals surface area contributed by atoms with Gasteiger partial charge in [-0.2, -0.15) is 5.01 Å². The van der Waals surface area contributed by atoms with Crippen LogP contribution in [0.15, 0.2) is 120 Å². The van der Waals surface area contributed by atoms with E-state index in [1.807, 2.05) is 83.8 Å². The number of rotatable bonds is 9. The van der Waals surface area contributed by atoms with Crippen molar-refractivity contribution in [1.29, 1.82) is 0 Å². The minimum absolute atomic E-state index is 0.0239. The number of carbonyl (C=O) groups is 3. The number of urea groups is 1. The van der Waals surface area contributed by atoms with Crippen molar-refractivity contribution in [3.05, 3.63) is 133 Å². The Hall–Kier alpha value is -5.41. The molecular weight excluding hydrogens is 578 g/mol. The molecule has 7 rings (SSSR count). The van der Waals surface area contributed by atoms with Crippen LogP contribution in [-0.4, -0.2) is 69.5 Å². The molecule has 9 nitrogen and oxygen atoms in total. The van der Waals surface area contributed by atoms with Crippen molar-refractivity contribution in [2.24, 2.45) is 0 Å². The molecule has 2 aliphatic rings. The van der Waals surface area contributed by atoms with Crippen LogP contribution in [0, 0.1) is 0 Å². The van der Waals surface area contributed by atoms with E-state index in [0.29, 0.717) is 19.5 Å². The molecule has 9 heteroatoms. The number of hydrogen-bond acceptors (Lipinski definition) is 5. The molecule has 3 heterocycles. The number of nitrogens with one attached hydrogen (secondary N) is 1. The molecule has 4 amide bonds. The van der Waals surface area contributed by atoms with Gasteiger partial charge in [0, 0.05) is 24.9 Å². The highest BCUT2D eigenvalue weighted by Crippen LogP contribution is 2.32. The van der Waals surface area contributed by atoms with Gasteiger partial charge in [0.1, 0.15) is 17.8 Å². The third kappa shape index (κ3) is 5.61. The first-order valence-electron chi connectivity index (χ1n) is 15.5. The van der Waals surface area contributed by atoms with Gasteiger partial charge >= 0.3 is 6.03 Å². The summed E-state index contributed by atoms with van der Waals surface area (Å²) in [5.74, 6) is -0.307. The lowest BCUT2D eigenvalue weighted by molar-refractivity contribution is -0.157. The summed E-state index contributed by atoms with van der Waals surface area (Å²) >= 11 is 0. The molecule has 0 bridgehead atoms. The van der Waals surface area contributed by atoms with Gasteiger partial charge in [-0.25, -0.2) is 4.79 Å². The van der Waals surface area contributed by atoms with Crippen LogP contribution >= 0.6 is 0 Å². The molecule has 0 spiro atoms. The van der Waals surface area contributed by atoms with E-state index < -0.39 is 12.2 Å². The molecule has 0 unspecified atom stereocenters. The van der Waals surface area contributed by atoms with Crippen LogP contribution in [0.1, 0.15) is 16.7 Å². The van der Waals surface area contributed by atoms with Gasteiger partial charge in [-0.05, 0) is 45.7 Å². The lowest BCUT2D eigenvalue weighted by Gasteiger charge is -2.46. The van der Waals surface area contributed by atoms with Gasteiger partial charge in [0.2, 0.25) is 11.8 Å². The summed E-state index contributed by atoms with van der Waals surface area (Å²) < 4.78 is 5.53. The highest BCUT2D eigenvalue weighted by molar-refractivity contribution is 5.92. The van der Waals surface area contributed by atoms with Crippen molar-refractivity contribution in [3.8, 4) is 0 Å². The highest BCUT2D eigenvalue weighted by Gasteiger charge is 2.52. The molecule has 0 aliphatic carbocycles. The van der Waals surface area contributed by atoms with Crippen molar-refractivity contribution in [3.63, 3.8) is 0 Å². The van der Waals surface area contributed by atoms with Crippen LogP contribution in [0.2, 0.25) is 0 Å². The minimum Gasteiger partial charge on any atom is -0.464 e. The topological polar surface area (TPSA) is 89.3 Å². The number of furan rings is 1. The van der Waals surface area contributed by atoms with Gasteiger partial charge in [-0.15, -0.1) is 6.58 Å². The fourth-order valence-corrected chi connectivity index (χ4v) is 6.68. The molecule has 0 saturated carbocycles. The molecule has 5 aromatic rings. The summed E-state index contributed by atoms with van der Waals surface area (Å²) in [7, 11) is 0. The summed E-state index contributed by atoms with van der Waals surface area (Å²) in [4.78, 5) is 45.3. The van der Waals surface area contributed by atoms with Crippen LogP contribution in [0.4, 0.5) is 4.79 Å². The van der Waals surface area contributed by atoms with Gasteiger partial charge in [-0.3, -0.25) is 14.6 Å². The Bertz CT molecular complexity index is 1920. The maximum absolute atomic E-state index is 14.4. The number of carbonyl (C=O) groups excluding carboxylic acids is 3. The second-order valence-electron chi connectivity index (χ2n) is 11.8. The third-order valence-electron chi connectivity index (χ3n) is 8.89. The Morgan fingerprint density at radius 3 is 2.59 bits per heavy atom. The van der Waals surface area contributed by atoms with E-state index in [1.165, 1.54) is 0 Å². The Morgan fingerprint density at radius 1 is 0.935 bits per heavy atom. The lowest BCUT2D eigenvalue weighted by Crippen LogP contribution is -2.66. The average molecular weight is 614 g/mol. The molecule has 0 radical (unpaired) electrons. The van der Waals surface area contributed by atoms with Gasteiger partial charge in [0.15, 0.2) is 0 Å². The first-order valence-corrected chi connectivity index (χ1v) is 15.5. The molecule has 1 N–H and O–H groups in total. The summed E-state index contributed by atoms with van der Waals surface area (Å²) in [5, 5.41) is 9.44. The largest absolute Gasteiger partial charge is 0.464 e.